The Morgan fingerprint density at radius 3 is 1.45 bits per heavy atom. The van der Waals surface area contributed by atoms with Gasteiger partial charge >= 0.3 is 0 Å². The van der Waals surface area contributed by atoms with Crippen molar-refractivity contribution < 1.29 is 4.74 Å². The predicted octanol–water partition coefficient (Wildman–Crippen LogP) is 11.6. The Hall–Kier alpha value is -6.49. The maximum Gasteiger partial charge on any atom is 0.0727 e. The number of rotatable bonds is 6. The largest absolute Gasteiger partial charge is 0.372 e. The predicted molar refractivity (Wildman–Crippen MR) is 206 cm³/mol. The summed E-state index contributed by atoms with van der Waals surface area (Å²) in [5.41, 5.74) is 17.8. The third-order valence-electron chi connectivity index (χ3n) is 9.57. The zero-order valence-electron chi connectivity index (χ0n) is 27.9. The van der Waals surface area contributed by atoms with Gasteiger partial charge in [-0.1, -0.05) is 97.1 Å². The Bertz CT molecular complexity index is 2370. The third-order valence-corrected chi connectivity index (χ3v) is 9.57. The van der Waals surface area contributed by atoms with Crippen LogP contribution in [-0.2, 0) is 18.0 Å². The fourth-order valence-corrected chi connectivity index (χ4v) is 6.96. The first-order valence-electron chi connectivity index (χ1n) is 17.2. The van der Waals surface area contributed by atoms with Gasteiger partial charge in [-0.3, -0.25) is 9.97 Å². The molecule has 9 rings (SSSR count). The van der Waals surface area contributed by atoms with E-state index >= 15 is 0 Å². The van der Waals surface area contributed by atoms with E-state index in [1.54, 1.807) is 0 Å². The number of pyridine rings is 3. The van der Waals surface area contributed by atoms with Gasteiger partial charge in [-0.05, 0) is 110 Å². The quantitative estimate of drug-likeness (QED) is 0.179. The second-order valence-corrected chi connectivity index (χ2v) is 12.9. The highest BCUT2D eigenvalue weighted by atomic mass is 16.5. The van der Waals surface area contributed by atoms with E-state index < -0.39 is 0 Å². The molecule has 242 valence electrons. The molecule has 0 fully saturated rings. The Kier molecular flexibility index (Phi) is 8.05. The summed E-state index contributed by atoms with van der Waals surface area (Å²) in [5, 5.41) is 0. The molecule has 5 aromatic carbocycles. The molecule has 0 atom stereocenters. The lowest BCUT2D eigenvalue weighted by molar-refractivity contribution is 0.110. The number of fused-ring (bicyclic) bond motifs is 3. The van der Waals surface area contributed by atoms with Crippen molar-refractivity contribution in [3.63, 3.8) is 0 Å². The molecule has 0 saturated heterocycles. The molecule has 1 aliphatic heterocycles. The average Bonchev–Trinajstić information content (AvgIpc) is 3.40. The summed E-state index contributed by atoms with van der Waals surface area (Å²) >= 11 is 0. The molecular weight excluding hydrogens is 623 g/mol. The second kappa shape index (κ2) is 13.4. The van der Waals surface area contributed by atoms with Gasteiger partial charge in [0.2, 0.25) is 0 Å². The summed E-state index contributed by atoms with van der Waals surface area (Å²) < 4.78 is 6.30. The van der Waals surface area contributed by atoms with Gasteiger partial charge in [0.05, 0.1) is 24.6 Å². The standard InChI is InChI=1S/C47H33N3O/c1-3-9-32(10-4-1)46-26-42(27-47(50-46)33-11-5-2-6-12-33)34-17-18-44-43(21-34)31-51-30-38-16-15-35(25-45(38)44)39-22-40(36-13-7-19-48-28-36)24-41(23-39)37-14-8-20-49-29-37/h1-29H,30-31H2. The summed E-state index contributed by atoms with van der Waals surface area (Å²) in [7, 11) is 0. The first-order valence-corrected chi connectivity index (χ1v) is 17.2. The van der Waals surface area contributed by atoms with E-state index in [1.807, 2.05) is 49.1 Å². The molecule has 0 saturated carbocycles. The highest BCUT2D eigenvalue weighted by molar-refractivity contribution is 5.85. The molecule has 4 nitrogen and oxygen atoms in total. The number of hydrogen-bond acceptors (Lipinski definition) is 4. The number of nitrogens with zero attached hydrogens (tertiary/aromatic N) is 3. The molecule has 0 bridgehead atoms. The zero-order valence-corrected chi connectivity index (χ0v) is 27.9. The maximum atomic E-state index is 6.30. The summed E-state index contributed by atoms with van der Waals surface area (Å²) in [6.07, 6.45) is 7.46. The van der Waals surface area contributed by atoms with Gasteiger partial charge in [0, 0.05) is 47.0 Å². The van der Waals surface area contributed by atoms with Crippen molar-refractivity contribution in [1.82, 2.24) is 15.0 Å². The van der Waals surface area contributed by atoms with Crippen molar-refractivity contribution in [2.45, 2.75) is 13.2 Å². The van der Waals surface area contributed by atoms with E-state index in [4.69, 9.17) is 9.72 Å². The highest BCUT2D eigenvalue weighted by Gasteiger charge is 2.18. The lowest BCUT2D eigenvalue weighted by Crippen LogP contribution is -1.94. The van der Waals surface area contributed by atoms with Crippen LogP contribution in [0.4, 0.5) is 0 Å². The van der Waals surface area contributed by atoms with Crippen LogP contribution >= 0.6 is 0 Å². The van der Waals surface area contributed by atoms with Gasteiger partial charge in [-0.15, -0.1) is 0 Å². The third kappa shape index (κ3) is 6.25. The van der Waals surface area contributed by atoms with E-state index in [1.165, 1.54) is 22.3 Å². The maximum absolute atomic E-state index is 6.30. The van der Waals surface area contributed by atoms with Crippen molar-refractivity contribution in [3.8, 4) is 78.1 Å². The highest BCUT2D eigenvalue weighted by Crippen LogP contribution is 2.40. The summed E-state index contributed by atoms with van der Waals surface area (Å²) in [6.45, 7) is 1.10. The molecule has 8 aromatic rings. The molecule has 4 heterocycles. The minimum atomic E-state index is 0.539. The van der Waals surface area contributed by atoms with Crippen molar-refractivity contribution >= 4 is 0 Å². The molecule has 3 aromatic heterocycles. The number of ether oxygens (including phenoxy) is 1. The second-order valence-electron chi connectivity index (χ2n) is 12.9. The molecule has 0 amide bonds. The molecule has 1 aliphatic rings. The van der Waals surface area contributed by atoms with Crippen LogP contribution in [0.2, 0.25) is 0 Å². The number of hydrogen-bond donors (Lipinski definition) is 0. The van der Waals surface area contributed by atoms with Crippen LogP contribution in [0.5, 0.6) is 0 Å². The summed E-state index contributed by atoms with van der Waals surface area (Å²) in [5.74, 6) is 0. The Morgan fingerprint density at radius 1 is 0.353 bits per heavy atom. The SMILES string of the molecule is c1ccc(-c2cc(-c3ccc4c(c3)COCc3ccc(-c5cc(-c6cccnc6)cc(-c6cccnc6)c5)cc3-4)cc(-c3ccccc3)n2)cc1. The normalized spacial score (nSPS) is 12.1. The molecule has 0 N–H and O–H groups in total. The monoisotopic (exact) mass is 655 g/mol. The lowest BCUT2D eigenvalue weighted by atomic mass is 9.89. The fraction of sp³-hybridized carbons (Fsp3) is 0.0426. The molecule has 0 radical (unpaired) electrons. The van der Waals surface area contributed by atoms with E-state index in [0.717, 1.165) is 67.0 Å². The van der Waals surface area contributed by atoms with Crippen LogP contribution in [0.15, 0.2) is 176 Å². The van der Waals surface area contributed by atoms with E-state index in [0.29, 0.717) is 13.2 Å². The summed E-state index contributed by atoms with van der Waals surface area (Å²) in [4.78, 5) is 13.9. The van der Waals surface area contributed by atoms with Crippen molar-refractivity contribution in [2.75, 3.05) is 0 Å². The minimum Gasteiger partial charge on any atom is -0.372 e. The Labute approximate surface area is 297 Å². The Balaban J connectivity index is 1.14. The van der Waals surface area contributed by atoms with Gasteiger partial charge in [0.15, 0.2) is 0 Å². The van der Waals surface area contributed by atoms with Crippen LogP contribution in [0.1, 0.15) is 11.1 Å². The fourth-order valence-electron chi connectivity index (χ4n) is 6.96. The summed E-state index contributed by atoms with van der Waals surface area (Å²) in [6, 6.07) is 53.7. The minimum absolute atomic E-state index is 0.539. The van der Waals surface area contributed by atoms with E-state index in [2.05, 4.69) is 137 Å². The number of benzene rings is 5. The molecular formula is C47H33N3O. The van der Waals surface area contributed by atoms with E-state index in [9.17, 15) is 0 Å². The van der Waals surface area contributed by atoms with Gasteiger partial charge < -0.3 is 4.74 Å². The smallest absolute Gasteiger partial charge is 0.0727 e. The van der Waals surface area contributed by atoms with Crippen LogP contribution in [0.3, 0.4) is 0 Å². The van der Waals surface area contributed by atoms with Gasteiger partial charge in [-0.25, -0.2) is 4.98 Å². The lowest BCUT2D eigenvalue weighted by Gasteiger charge is -2.15. The molecule has 51 heavy (non-hydrogen) atoms. The average molecular weight is 656 g/mol. The first-order chi connectivity index (χ1) is 25.2. The zero-order chi connectivity index (χ0) is 34.0. The van der Waals surface area contributed by atoms with Crippen molar-refractivity contribution in [1.29, 1.82) is 0 Å². The van der Waals surface area contributed by atoms with E-state index in [-0.39, 0.29) is 0 Å². The first kappa shape index (κ1) is 30.6. The van der Waals surface area contributed by atoms with Crippen LogP contribution in [-0.4, -0.2) is 15.0 Å². The molecule has 0 aliphatic carbocycles. The van der Waals surface area contributed by atoms with Crippen LogP contribution in [0.25, 0.3) is 78.1 Å². The topological polar surface area (TPSA) is 47.9 Å². The molecule has 4 heteroatoms. The Morgan fingerprint density at radius 2 is 0.863 bits per heavy atom. The molecule has 0 unspecified atom stereocenters. The van der Waals surface area contributed by atoms with Crippen LogP contribution in [0, 0.1) is 0 Å². The number of aromatic nitrogens is 3. The molecule has 0 spiro atoms. The van der Waals surface area contributed by atoms with Crippen molar-refractivity contribution in [3.05, 3.63) is 188 Å². The van der Waals surface area contributed by atoms with Crippen molar-refractivity contribution in [2.24, 2.45) is 0 Å². The van der Waals surface area contributed by atoms with Crippen LogP contribution < -0.4 is 0 Å². The van der Waals surface area contributed by atoms with Gasteiger partial charge in [0.1, 0.15) is 0 Å². The van der Waals surface area contributed by atoms with Gasteiger partial charge in [0.25, 0.3) is 0 Å². The van der Waals surface area contributed by atoms with Gasteiger partial charge in [-0.2, -0.15) is 0 Å².